The molecular formula is C16H18ClN3O. The van der Waals surface area contributed by atoms with Crippen LogP contribution in [0.2, 0.25) is 5.02 Å². The Kier molecular flexibility index (Phi) is 4.87. The average molecular weight is 304 g/mol. The highest BCUT2D eigenvalue weighted by atomic mass is 35.5. The van der Waals surface area contributed by atoms with E-state index in [1.807, 2.05) is 25.1 Å². The van der Waals surface area contributed by atoms with Gasteiger partial charge in [0.15, 0.2) is 5.69 Å². The van der Waals surface area contributed by atoms with Crippen molar-refractivity contribution in [3.8, 4) is 11.8 Å². The Morgan fingerprint density at radius 3 is 2.76 bits per heavy atom. The number of aryl methyl sites for hydroxylation is 1. The van der Waals surface area contributed by atoms with Crippen LogP contribution in [0.15, 0.2) is 24.3 Å². The van der Waals surface area contributed by atoms with Crippen molar-refractivity contribution in [1.29, 1.82) is 5.26 Å². The van der Waals surface area contributed by atoms with Gasteiger partial charge in [0.2, 0.25) is 0 Å². The van der Waals surface area contributed by atoms with Crippen molar-refractivity contribution in [2.75, 3.05) is 6.61 Å². The summed E-state index contributed by atoms with van der Waals surface area (Å²) < 4.78 is 7.62. The molecule has 0 atom stereocenters. The topological polar surface area (TPSA) is 50.8 Å². The van der Waals surface area contributed by atoms with Crippen LogP contribution in [0, 0.1) is 24.2 Å². The molecule has 2 aromatic rings. The first-order chi connectivity index (χ1) is 9.99. The summed E-state index contributed by atoms with van der Waals surface area (Å²) in [6, 6.07) is 9.39. The lowest BCUT2D eigenvalue weighted by Gasteiger charge is -2.14. The lowest BCUT2D eigenvalue weighted by Crippen LogP contribution is -2.09. The minimum Gasteiger partial charge on any atom is -0.493 e. The molecule has 0 spiro atoms. The first kappa shape index (κ1) is 15.4. The van der Waals surface area contributed by atoms with Gasteiger partial charge in [0.05, 0.1) is 13.2 Å². The third kappa shape index (κ3) is 3.99. The average Bonchev–Trinajstić information content (AvgIpc) is 2.78. The van der Waals surface area contributed by atoms with E-state index in [-0.39, 0.29) is 0 Å². The zero-order chi connectivity index (χ0) is 15.4. The summed E-state index contributed by atoms with van der Waals surface area (Å²) in [5.74, 6) is 1.26. The Balaban J connectivity index is 2.27. The third-order valence-electron chi connectivity index (χ3n) is 3.01. The van der Waals surface area contributed by atoms with E-state index in [1.54, 1.807) is 10.7 Å². The maximum atomic E-state index is 8.91. The molecule has 0 unspecified atom stereocenters. The zero-order valence-electron chi connectivity index (χ0n) is 12.4. The van der Waals surface area contributed by atoms with Gasteiger partial charge >= 0.3 is 0 Å². The Hall–Kier alpha value is -1.99. The fraction of sp³-hybridized carbons (Fsp3) is 0.375. The normalized spacial score (nSPS) is 10.7. The molecule has 21 heavy (non-hydrogen) atoms. The molecule has 0 fully saturated rings. The van der Waals surface area contributed by atoms with E-state index in [4.69, 9.17) is 21.6 Å². The van der Waals surface area contributed by atoms with Crippen molar-refractivity contribution in [3.05, 3.63) is 46.2 Å². The molecule has 0 N–H and O–H groups in total. The molecule has 0 amide bonds. The van der Waals surface area contributed by atoms with Crippen molar-refractivity contribution in [3.63, 3.8) is 0 Å². The summed E-state index contributed by atoms with van der Waals surface area (Å²) in [5, 5.41) is 13.8. The molecule has 2 rings (SSSR count). The van der Waals surface area contributed by atoms with E-state index in [2.05, 4.69) is 25.0 Å². The Morgan fingerprint density at radius 1 is 1.38 bits per heavy atom. The van der Waals surface area contributed by atoms with E-state index in [0.29, 0.717) is 29.8 Å². The first-order valence-corrected chi connectivity index (χ1v) is 7.23. The van der Waals surface area contributed by atoms with Gasteiger partial charge in [-0.2, -0.15) is 10.4 Å². The molecule has 0 saturated heterocycles. The molecular weight excluding hydrogens is 286 g/mol. The molecule has 0 radical (unpaired) electrons. The van der Waals surface area contributed by atoms with Crippen molar-refractivity contribution in [2.45, 2.75) is 27.3 Å². The molecule has 0 saturated carbocycles. The van der Waals surface area contributed by atoms with Crippen molar-refractivity contribution in [1.82, 2.24) is 9.78 Å². The maximum absolute atomic E-state index is 8.91. The van der Waals surface area contributed by atoms with Crippen LogP contribution in [0.1, 0.15) is 30.8 Å². The van der Waals surface area contributed by atoms with E-state index < -0.39 is 0 Å². The molecule has 110 valence electrons. The van der Waals surface area contributed by atoms with Crippen LogP contribution in [0.4, 0.5) is 0 Å². The van der Waals surface area contributed by atoms with Crippen LogP contribution < -0.4 is 4.74 Å². The summed E-state index contributed by atoms with van der Waals surface area (Å²) in [6.45, 7) is 7.31. The second-order valence-electron chi connectivity index (χ2n) is 5.40. The zero-order valence-corrected chi connectivity index (χ0v) is 13.2. The highest BCUT2D eigenvalue weighted by Crippen LogP contribution is 2.24. The van der Waals surface area contributed by atoms with Gasteiger partial charge in [-0.3, -0.25) is 4.68 Å². The van der Waals surface area contributed by atoms with Gasteiger partial charge in [-0.1, -0.05) is 25.4 Å². The highest BCUT2D eigenvalue weighted by Gasteiger charge is 2.10. The van der Waals surface area contributed by atoms with Crippen molar-refractivity contribution >= 4 is 11.6 Å². The van der Waals surface area contributed by atoms with Gasteiger partial charge in [-0.15, -0.1) is 0 Å². The lowest BCUT2D eigenvalue weighted by atomic mass is 10.2. The van der Waals surface area contributed by atoms with Crippen molar-refractivity contribution in [2.24, 2.45) is 5.92 Å². The quantitative estimate of drug-likeness (QED) is 0.844. The Bertz CT molecular complexity index is 671. The lowest BCUT2D eigenvalue weighted by molar-refractivity contribution is 0.268. The molecule has 0 aliphatic rings. The predicted octanol–water partition coefficient (Wildman–Crippen LogP) is 3.80. The molecule has 4 nitrogen and oxygen atoms in total. The number of aromatic nitrogens is 2. The van der Waals surface area contributed by atoms with Crippen LogP contribution in [0.3, 0.4) is 0 Å². The first-order valence-electron chi connectivity index (χ1n) is 6.85. The van der Waals surface area contributed by atoms with E-state index >= 15 is 0 Å². The fourth-order valence-corrected chi connectivity index (χ4v) is 2.15. The monoisotopic (exact) mass is 303 g/mol. The Labute approximate surface area is 129 Å². The molecule has 5 heteroatoms. The SMILES string of the molecule is Cc1cc(C#N)nn1Cc1cc(Cl)ccc1OCC(C)C. The summed E-state index contributed by atoms with van der Waals surface area (Å²) in [6.07, 6.45) is 0. The molecule has 0 aliphatic carbocycles. The van der Waals surface area contributed by atoms with Gasteiger partial charge in [0.1, 0.15) is 11.8 Å². The number of nitriles is 1. The minimum absolute atomic E-state index is 0.416. The number of ether oxygens (including phenoxy) is 1. The molecule has 1 aromatic heterocycles. The summed E-state index contributed by atoms with van der Waals surface area (Å²) in [5.41, 5.74) is 2.30. The van der Waals surface area contributed by atoms with E-state index in [1.165, 1.54) is 0 Å². The largest absolute Gasteiger partial charge is 0.493 e. The fourth-order valence-electron chi connectivity index (χ4n) is 1.96. The molecule has 1 heterocycles. The second-order valence-corrected chi connectivity index (χ2v) is 5.83. The van der Waals surface area contributed by atoms with Crippen LogP contribution in [0.25, 0.3) is 0 Å². The van der Waals surface area contributed by atoms with Crippen LogP contribution in [0.5, 0.6) is 5.75 Å². The number of hydrogen-bond donors (Lipinski definition) is 0. The molecule has 1 aromatic carbocycles. The van der Waals surface area contributed by atoms with Crippen LogP contribution >= 0.6 is 11.6 Å². The maximum Gasteiger partial charge on any atom is 0.162 e. The standard InChI is InChI=1S/C16H18ClN3O/c1-11(2)10-21-16-5-4-14(17)7-13(16)9-20-12(3)6-15(8-18)19-20/h4-7,11H,9-10H2,1-3H3. The van der Waals surface area contributed by atoms with Gasteiger partial charge in [0, 0.05) is 16.3 Å². The van der Waals surface area contributed by atoms with E-state index in [9.17, 15) is 0 Å². The van der Waals surface area contributed by atoms with Gasteiger partial charge < -0.3 is 4.74 Å². The number of benzene rings is 1. The second kappa shape index (κ2) is 6.64. The number of nitrogens with zero attached hydrogens (tertiary/aromatic N) is 3. The third-order valence-corrected chi connectivity index (χ3v) is 3.25. The van der Waals surface area contributed by atoms with E-state index in [0.717, 1.165) is 17.0 Å². The number of rotatable bonds is 5. The Morgan fingerprint density at radius 2 is 2.14 bits per heavy atom. The number of halogens is 1. The predicted molar refractivity (Wildman–Crippen MR) is 82.6 cm³/mol. The minimum atomic E-state index is 0.416. The number of hydrogen-bond acceptors (Lipinski definition) is 3. The van der Waals surface area contributed by atoms with Gasteiger partial charge in [-0.25, -0.2) is 0 Å². The summed E-state index contributed by atoms with van der Waals surface area (Å²) >= 11 is 6.08. The molecule has 0 aliphatic heterocycles. The summed E-state index contributed by atoms with van der Waals surface area (Å²) in [4.78, 5) is 0. The highest BCUT2D eigenvalue weighted by molar-refractivity contribution is 6.30. The van der Waals surface area contributed by atoms with Gasteiger partial charge in [-0.05, 0) is 37.1 Å². The molecule has 0 bridgehead atoms. The summed E-state index contributed by atoms with van der Waals surface area (Å²) in [7, 11) is 0. The van der Waals surface area contributed by atoms with Crippen LogP contribution in [-0.2, 0) is 6.54 Å². The smallest absolute Gasteiger partial charge is 0.162 e. The van der Waals surface area contributed by atoms with Crippen LogP contribution in [-0.4, -0.2) is 16.4 Å². The van der Waals surface area contributed by atoms with Gasteiger partial charge in [0.25, 0.3) is 0 Å². The van der Waals surface area contributed by atoms with Crippen molar-refractivity contribution < 1.29 is 4.74 Å².